The smallest absolute Gasteiger partial charge is 0.134 e. The largest absolute Gasteiger partial charge is 0.307 e. The lowest BCUT2D eigenvalue weighted by molar-refractivity contribution is 1.10. The molecule has 0 atom stereocenters. The molecule has 0 amide bonds. The number of aromatic nitrogens is 2. The van der Waals surface area contributed by atoms with Gasteiger partial charge in [-0.2, -0.15) is 5.10 Å². The Morgan fingerprint density at radius 2 is 2.62 bits per heavy atom. The molecule has 0 spiro atoms. The van der Waals surface area contributed by atoms with Crippen molar-refractivity contribution < 1.29 is 0 Å². The minimum Gasteiger partial charge on any atom is -0.307 e. The Bertz CT molecular complexity index is 172. The van der Waals surface area contributed by atoms with E-state index in [1.807, 2.05) is 6.92 Å². The zero-order valence-electron chi connectivity index (χ0n) is 4.40. The second kappa shape index (κ2) is 2.17. The van der Waals surface area contributed by atoms with Gasteiger partial charge < -0.3 is 4.34 Å². The summed E-state index contributed by atoms with van der Waals surface area (Å²) >= 11 is 3.07. The van der Waals surface area contributed by atoms with Crippen LogP contribution in [0, 0.1) is 6.92 Å². The topological polar surface area (TPSA) is 40.7 Å². The Balaban J connectivity index is 2.92. The summed E-state index contributed by atoms with van der Waals surface area (Å²) in [6.07, 6.45) is 1.75. The molecule has 0 radical (unpaired) electrons. The van der Waals surface area contributed by atoms with Gasteiger partial charge in [-0.15, -0.1) is 0 Å². The van der Waals surface area contributed by atoms with Crippen LogP contribution in [0.15, 0.2) is 6.20 Å². The van der Waals surface area contributed by atoms with Gasteiger partial charge in [-0.25, -0.2) is 0 Å². The van der Waals surface area contributed by atoms with Crippen LogP contribution in [0.5, 0.6) is 0 Å². The van der Waals surface area contributed by atoms with Crippen molar-refractivity contribution in [2.24, 2.45) is 0 Å². The zero-order chi connectivity index (χ0) is 5.98. The number of halogens is 1. The first-order valence-electron chi connectivity index (χ1n) is 2.21. The third-order valence-corrected chi connectivity index (χ3v) is 1.32. The van der Waals surface area contributed by atoms with Crippen molar-refractivity contribution in [3.05, 3.63) is 11.8 Å². The van der Waals surface area contributed by atoms with E-state index >= 15 is 0 Å². The summed E-state index contributed by atoms with van der Waals surface area (Å²) in [5, 5.41) is 6.52. The van der Waals surface area contributed by atoms with Crippen LogP contribution in [-0.2, 0) is 0 Å². The third kappa shape index (κ3) is 0.838. The van der Waals surface area contributed by atoms with Gasteiger partial charge in [0.15, 0.2) is 0 Å². The number of nitrogens with one attached hydrogen (secondary N) is 2. The highest BCUT2D eigenvalue weighted by Crippen LogP contribution is 2.08. The van der Waals surface area contributed by atoms with Gasteiger partial charge in [0.05, 0.1) is 6.20 Å². The molecule has 1 heterocycles. The summed E-state index contributed by atoms with van der Waals surface area (Å²) in [4.78, 5) is 0. The van der Waals surface area contributed by atoms with E-state index < -0.39 is 0 Å². The number of rotatable bonds is 1. The lowest BCUT2D eigenvalue weighted by Crippen LogP contribution is -1.80. The van der Waals surface area contributed by atoms with Crippen molar-refractivity contribution in [2.45, 2.75) is 6.92 Å². The van der Waals surface area contributed by atoms with Gasteiger partial charge in [0.2, 0.25) is 0 Å². The first-order chi connectivity index (χ1) is 3.84. The summed E-state index contributed by atoms with van der Waals surface area (Å²) < 4.78 is 2.77. The minimum absolute atomic E-state index is 0.907. The van der Waals surface area contributed by atoms with Crippen molar-refractivity contribution in [2.75, 3.05) is 4.34 Å². The fraction of sp³-hybridized carbons (Fsp3) is 0.250. The Kier molecular flexibility index (Phi) is 1.53. The van der Waals surface area contributed by atoms with E-state index in [0.29, 0.717) is 0 Å². The summed E-state index contributed by atoms with van der Waals surface area (Å²) in [6, 6.07) is 0. The van der Waals surface area contributed by atoms with Crippen LogP contribution >= 0.6 is 16.1 Å². The van der Waals surface area contributed by atoms with Gasteiger partial charge in [-0.3, -0.25) is 5.10 Å². The maximum atomic E-state index is 3.78. The molecule has 0 aliphatic heterocycles. The van der Waals surface area contributed by atoms with E-state index in [2.05, 4.69) is 30.7 Å². The van der Waals surface area contributed by atoms with Crippen molar-refractivity contribution in [3.8, 4) is 0 Å². The average molecular weight is 176 g/mol. The second-order valence-corrected chi connectivity index (χ2v) is 1.92. The second-order valence-electron chi connectivity index (χ2n) is 1.52. The fourth-order valence-corrected chi connectivity index (χ4v) is 0.843. The van der Waals surface area contributed by atoms with Crippen LogP contribution in [0.3, 0.4) is 0 Å². The molecule has 2 N–H and O–H groups in total. The van der Waals surface area contributed by atoms with Crippen molar-refractivity contribution in [1.82, 2.24) is 10.2 Å². The van der Waals surface area contributed by atoms with Crippen LogP contribution in [0.1, 0.15) is 5.56 Å². The van der Waals surface area contributed by atoms with Gasteiger partial charge in [0, 0.05) is 21.7 Å². The fourth-order valence-electron chi connectivity index (χ4n) is 0.442. The predicted octanol–water partition coefficient (Wildman–Crippen LogP) is 1.44. The number of aromatic amines is 1. The van der Waals surface area contributed by atoms with E-state index in [0.717, 1.165) is 11.4 Å². The highest BCUT2D eigenvalue weighted by Gasteiger charge is 1.93. The molecule has 3 nitrogen and oxygen atoms in total. The van der Waals surface area contributed by atoms with Crippen LogP contribution in [-0.4, -0.2) is 10.2 Å². The Morgan fingerprint density at radius 1 is 1.88 bits per heavy atom. The van der Waals surface area contributed by atoms with E-state index in [4.69, 9.17) is 0 Å². The van der Waals surface area contributed by atoms with Gasteiger partial charge in [0.1, 0.15) is 5.82 Å². The monoisotopic (exact) mass is 175 g/mol. The number of nitrogens with zero attached hydrogens (tertiary/aromatic N) is 1. The van der Waals surface area contributed by atoms with Gasteiger partial charge >= 0.3 is 0 Å². The normalized spacial score (nSPS) is 9.25. The lowest BCUT2D eigenvalue weighted by Gasteiger charge is -1.89. The molecule has 1 aromatic rings. The number of hydrogen-bond donors (Lipinski definition) is 2. The van der Waals surface area contributed by atoms with Crippen LogP contribution in [0.2, 0.25) is 0 Å². The molecule has 1 rings (SSSR count). The highest BCUT2D eigenvalue weighted by atomic mass is 79.9. The number of hydrogen-bond acceptors (Lipinski definition) is 2. The molecule has 0 aromatic carbocycles. The van der Waals surface area contributed by atoms with E-state index in [-0.39, 0.29) is 0 Å². The SMILES string of the molecule is Cc1cn[nH]c1NBr. The van der Waals surface area contributed by atoms with Crippen molar-refractivity contribution in [1.29, 1.82) is 0 Å². The van der Waals surface area contributed by atoms with Crippen LogP contribution < -0.4 is 4.34 Å². The first-order valence-corrected chi connectivity index (χ1v) is 3.00. The third-order valence-electron chi connectivity index (χ3n) is 0.923. The van der Waals surface area contributed by atoms with Crippen molar-refractivity contribution in [3.63, 3.8) is 0 Å². The zero-order valence-corrected chi connectivity index (χ0v) is 5.99. The Morgan fingerprint density at radius 3 is 2.88 bits per heavy atom. The van der Waals surface area contributed by atoms with Crippen LogP contribution in [0.25, 0.3) is 0 Å². The predicted molar refractivity (Wildman–Crippen MR) is 35.9 cm³/mol. The molecule has 44 valence electrons. The summed E-state index contributed by atoms with van der Waals surface area (Å²) in [7, 11) is 0. The number of H-pyrrole nitrogens is 1. The molecule has 8 heavy (non-hydrogen) atoms. The van der Waals surface area contributed by atoms with Crippen molar-refractivity contribution >= 4 is 22.0 Å². The van der Waals surface area contributed by atoms with E-state index in [1.165, 1.54) is 0 Å². The molecule has 0 aliphatic rings. The molecule has 0 saturated heterocycles. The summed E-state index contributed by atoms with van der Waals surface area (Å²) in [5.41, 5.74) is 1.10. The van der Waals surface area contributed by atoms with Gasteiger partial charge in [-0.05, 0) is 6.92 Å². The molecule has 0 saturated carbocycles. The first kappa shape index (κ1) is 5.62. The minimum atomic E-state index is 0.907. The molecule has 0 bridgehead atoms. The molecule has 4 heteroatoms. The maximum absolute atomic E-state index is 3.78. The lowest BCUT2D eigenvalue weighted by atomic mass is 10.4. The number of aryl methyl sites for hydroxylation is 1. The number of anilines is 1. The highest BCUT2D eigenvalue weighted by molar-refractivity contribution is 9.10. The standard InChI is InChI=1S/C4H6BrN3/c1-3-2-6-8-4(3)7-5/h2H,1H3,(H2,6,7,8). The van der Waals surface area contributed by atoms with Gasteiger partial charge in [-0.1, -0.05) is 0 Å². The average Bonchev–Trinajstić information content (AvgIpc) is 2.14. The molecular formula is C4H6BrN3. The summed E-state index contributed by atoms with van der Waals surface area (Å²) in [5.74, 6) is 0.907. The van der Waals surface area contributed by atoms with Gasteiger partial charge in [0.25, 0.3) is 0 Å². The molecule has 1 aromatic heterocycles. The maximum Gasteiger partial charge on any atom is 0.134 e. The van der Waals surface area contributed by atoms with E-state index in [1.54, 1.807) is 6.20 Å². The summed E-state index contributed by atoms with van der Waals surface area (Å²) in [6.45, 7) is 1.97. The molecule has 0 unspecified atom stereocenters. The Labute approximate surface area is 55.8 Å². The quantitative estimate of drug-likeness (QED) is 0.635. The van der Waals surface area contributed by atoms with E-state index in [9.17, 15) is 0 Å². The molecular weight excluding hydrogens is 170 g/mol. The molecule has 0 aliphatic carbocycles. The Hall–Kier alpha value is -0.510. The molecule has 0 fully saturated rings. The van der Waals surface area contributed by atoms with Crippen LogP contribution in [0.4, 0.5) is 5.82 Å².